The molecule has 1 aliphatic heterocycles. The van der Waals surface area contributed by atoms with Crippen LogP contribution in [0.1, 0.15) is 24.2 Å². The van der Waals surface area contributed by atoms with E-state index >= 15 is 0 Å². The molecule has 1 saturated heterocycles. The van der Waals surface area contributed by atoms with E-state index in [-0.39, 0.29) is 18.4 Å². The van der Waals surface area contributed by atoms with Crippen molar-refractivity contribution >= 4 is 23.4 Å². The van der Waals surface area contributed by atoms with Crippen molar-refractivity contribution < 1.29 is 14.3 Å². The number of pyridine rings is 1. The average molecular weight is 396 g/mol. The summed E-state index contributed by atoms with van der Waals surface area (Å²) in [6, 6.07) is 13.1. The molecule has 2 heterocycles. The molecule has 0 N–H and O–H groups in total. The number of hydrogen-bond donors (Lipinski definition) is 0. The van der Waals surface area contributed by atoms with Gasteiger partial charge in [0.15, 0.2) is 0 Å². The SMILES string of the molecule is CCOC(=O)c1cccc(N(CC)CC(=O)N2CCN(c3ccccn3)CC2)c1. The Labute approximate surface area is 171 Å². The van der Waals surface area contributed by atoms with E-state index in [1.54, 1.807) is 25.3 Å². The number of likely N-dealkylation sites (N-methyl/N-ethyl adjacent to an activating group) is 1. The number of aromatic nitrogens is 1. The Morgan fingerprint density at radius 2 is 1.86 bits per heavy atom. The van der Waals surface area contributed by atoms with Crippen LogP contribution < -0.4 is 9.80 Å². The topological polar surface area (TPSA) is 66.0 Å². The van der Waals surface area contributed by atoms with Gasteiger partial charge in [-0.05, 0) is 44.2 Å². The number of carbonyl (C=O) groups is 2. The minimum atomic E-state index is -0.345. The van der Waals surface area contributed by atoms with E-state index in [2.05, 4.69) is 9.88 Å². The van der Waals surface area contributed by atoms with Crippen LogP contribution in [0.5, 0.6) is 0 Å². The number of nitrogens with zero attached hydrogens (tertiary/aromatic N) is 4. The quantitative estimate of drug-likeness (QED) is 0.670. The maximum Gasteiger partial charge on any atom is 0.338 e. The lowest BCUT2D eigenvalue weighted by Crippen LogP contribution is -2.51. The highest BCUT2D eigenvalue weighted by Crippen LogP contribution is 2.18. The van der Waals surface area contributed by atoms with Gasteiger partial charge in [-0.15, -0.1) is 0 Å². The highest BCUT2D eigenvalue weighted by Gasteiger charge is 2.23. The molecule has 7 heteroatoms. The first kappa shape index (κ1) is 20.6. The first-order valence-electron chi connectivity index (χ1n) is 10.1. The fourth-order valence-electron chi connectivity index (χ4n) is 3.42. The lowest BCUT2D eigenvalue weighted by Gasteiger charge is -2.36. The van der Waals surface area contributed by atoms with Crippen molar-refractivity contribution in [2.24, 2.45) is 0 Å². The third-order valence-electron chi connectivity index (χ3n) is 5.04. The third-order valence-corrected chi connectivity index (χ3v) is 5.04. The van der Waals surface area contributed by atoms with E-state index in [1.807, 2.05) is 47.1 Å². The number of benzene rings is 1. The summed E-state index contributed by atoms with van der Waals surface area (Å²) in [5.41, 5.74) is 1.35. The summed E-state index contributed by atoms with van der Waals surface area (Å²) >= 11 is 0. The van der Waals surface area contributed by atoms with Crippen LogP contribution in [0.15, 0.2) is 48.7 Å². The fourth-order valence-corrected chi connectivity index (χ4v) is 3.42. The number of carbonyl (C=O) groups excluding carboxylic acids is 2. The van der Waals surface area contributed by atoms with Crippen molar-refractivity contribution in [2.75, 3.05) is 55.7 Å². The number of ether oxygens (including phenoxy) is 1. The van der Waals surface area contributed by atoms with Gasteiger partial charge < -0.3 is 19.4 Å². The standard InChI is InChI=1S/C22H28N4O3/c1-3-24(19-9-7-8-18(16-19)22(28)29-4-2)17-21(27)26-14-12-25(13-15-26)20-10-5-6-11-23-20/h5-11,16H,3-4,12-15,17H2,1-2H3. The smallest absolute Gasteiger partial charge is 0.338 e. The van der Waals surface area contributed by atoms with Gasteiger partial charge in [0.2, 0.25) is 5.91 Å². The van der Waals surface area contributed by atoms with Gasteiger partial charge in [0, 0.05) is 44.6 Å². The Morgan fingerprint density at radius 1 is 1.07 bits per heavy atom. The van der Waals surface area contributed by atoms with Crippen LogP contribution in [0.4, 0.5) is 11.5 Å². The molecule has 0 saturated carbocycles. The molecule has 7 nitrogen and oxygen atoms in total. The molecule has 1 fully saturated rings. The van der Waals surface area contributed by atoms with E-state index in [9.17, 15) is 9.59 Å². The van der Waals surface area contributed by atoms with Gasteiger partial charge in [0.1, 0.15) is 5.82 Å². The number of hydrogen-bond acceptors (Lipinski definition) is 6. The van der Waals surface area contributed by atoms with Crippen LogP contribution in [0.25, 0.3) is 0 Å². The van der Waals surface area contributed by atoms with Crippen molar-refractivity contribution in [2.45, 2.75) is 13.8 Å². The zero-order valence-corrected chi connectivity index (χ0v) is 17.1. The van der Waals surface area contributed by atoms with Gasteiger partial charge >= 0.3 is 5.97 Å². The first-order chi connectivity index (χ1) is 14.1. The summed E-state index contributed by atoms with van der Waals surface area (Å²) in [4.78, 5) is 35.3. The predicted octanol–water partition coefficient (Wildman–Crippen LogP) is 2.43. The maximum atomic E-state index is 12.9. The molecule has 0 bridgehead atoms. The molecule has 0 aliphatic carbocycles. The molecule has 0 unspecified atom stereocenters. The number of anilines is 2. The van der Waals surface area contributed by atoms with Gasteiger partial charge in [0.25, 0.3) is 0 Å². The van der Waals surface area contributed by atoms with Crippen molar-refractivity contribution in [3.8, 4) is 0 Å². The largest absolute Gasteiger partial charge is 0.462 e. The van der Waals surface area contributed by atoms with Crippen LogP contribution in [0.3, 0.4) is 0 Å². The molecular formula is C22H28N4O3. The van der Waals surface area contributed by atoms with Gasteiger partial charge in [0.05, 0.1) is 18.7 Å². The summed E-state index contributed by atoms with van der Waals surface area (Å²) < 4.78 is 5.08. The number of piperazine rings is 1. The second-order valence-electron chi connectivity index (χ2n) is 6.84. The number of esters is 1. The van der Waals surface area contributed by atoms with Crippen molar-refractivity contribution in [1.82, 2.24) is 9.88 Å². The summed E-state index contributed by atoms with van der Waals surface area (Å²) in [6.07, 6.45) is 1.79. The molecule has 0 radical (unpaired) electrons. The number of rotatable bonds is 7. The van der Waals surface area contributed by atoms with Crippen LogP contribution in [0, 0.1) is 0 Å². The van der Waals surface area contributed by atoms with Crippen LogP contribution in [-0.2, 0) is 9.53 Å². The highest BCUT2D eigenvalue weighted by molar-refractivity contribution is 5.91. The van der Waals surface area contributed by atoms with E-state index in [1.165, 1.54) is 0 Å². The van der Waals surface area contributed by atoms with E-state index in [4.69, 9.17) is 4.74 Å². The molecule has 1 amide bonds. The molecule has 2 aromatic rings. The Bertz CT molecular complexity index is 820. The van der Waals surface area contributed by atoms with Crippen LogP contribution in [0.2, 0.25) is 0 Å². The molecule has 1 aromatic carbocycles. The average Bonchev–Trinajstić information content (AvgIpc) is 2.78. The lowest BCUT2D eigenvalue weighted by molar-refractivity contribution is -0.130. The van der Waals surface area contributed by atoms with Gasteiger partial charge in [-0.3, -0.25) is 4.79 Å². The molecular weight excluding hydrogens is 368 g/mol. The zero-order chi connectivity index (χ0) is 20.6. The monoisotopic (exact) mass is 396 g/mol. The second-order valence-corrected chi connectivity index (χ2v) is 6.84. The predicted molar refractivity (Wildman–Crippen MR) is 113 cm³/mol. The zero-order valence-electron chi connectivity index (χ0n) is 17.1. The Kier molecular flexibility index (Phi) is 7.05. The Hall–Kier alpha value is -3.09. The molecule has 29 heavy (non-hydrogen) atoms. The maximum absolute atomic E-state index is 12.9. The molecule has 1 aromatic heterocycles. The molecule has 0 atom stereocenters. The van der Waals surface area contributed by atoms with Crippen LogP contribution >= 0.6 is 0 Å². The highest BCUT2D eigenvalue weighted by atomic mass is 16.5. The fraction of sp³-hybridized carbons (Fsp3) is 0.409. The van der Waals surface area contributed by atoms with Crippen molar-refractivity contribution in [3.05, 3.63) is 54.2 Å². The first-order valence-corrected chi connectivity index (χ1v) is 10.1. The number of amides is 1. The summed E-state index contributed by atoms with van der Waals surface area (Å²) in [7, 11) is 0. The third kappa shape index (κ3) is 5.25. The molecule has 154 valence electrons. The molecule has 0 spiro atoms. The van der Waals surface area contributed by atoms with Crippen LogP contribution in [-0.4, -0.2) is 67.6 Å². The molecule has 1 aliphatic rings. The van der Waals surface area contributed by atoms with Gasteiger partial charge in [-0.1, -0.05) is 12.1 Å². The lowest BCUT2D eigenvalue weighted by atomic mass is 10.2. The van der Waals surface area contributed by atoms with E-state index < -0.39 is 0 Å². The second kappa shape index (κ2) is 9.91. The van der Waals surface area contributed by atoms with Crippen molar-refractivity contribution in [1.29, 1.82) is 0 Å². The summed E-state index contributed by atoms with van der Waals surface area (Å²) in [5.74, 6) is 0.696. The normalized spacial score (nSPS) is 13.9. The van der Waals surface area contributed by atoms with Gasteiger partial charge in [-0.25, -0.2) is 9.78 Å². The Balaban J connectivity index is 1.59. The minimum absolute atomic E-state index is 0.0917. The minimum Gasteiger partial charge on any atom is -0.462 e. The van der Waals surface area contributed by atoms with Gasteiger partial charge in [-0.2, -0.15) is 0 Å². The summed E-state index contributed by atoms with van der Waals surface area (Å²) in [6.45, 7) is 7.98. The van der Waals surface area contributed by atoms with E-state index in [0.717, 1.165) is 24.6 Å². The van der Waals surface area contributed by atoms with Crippen molar-refractivity contribution in [3.63, 3.8) is 0 Å². The Morgan fingerprint density at radius 3 is 2.52 bits per heavy atom. The summed E-state index contributed by atoms with van der Waals surface area (Å²) in [5, 5.41) is 0. The van der Waals surface area contributed by atoms with E-state index in [0.29, 0.717) is 31.8 Å². The molecule has 3 rings (SSSR count).